The lowest BCUT2D eigenvalue weighted by molar-refractivity contribution is -0.135. The Kier molecular flexibility index (Phi) is 6.41. The van der Waals surface area contributed by atoms with E-state index in [2.05, 4.69) is 5.32 Å². The number of hydrogen-bond donors (Lipinski definition) is 4. The average Bonchev–Trinajstić information content (AvgIpc) is 2.74. The summed E-state index contributed by atoms with van der Waals surface area (Å²) in [6, 6.07) is 10.2. The van der Waals surface area contributed by atoms with Crippen LogP contribution in [0.5, 0.6) is 5.75 Å². The maximum absolute atomic E-state index is 13.4. The number of ether oxygens (including phenoxy) is 1. The first-order chi connectivity index (χ1) is 14.2. The lowest BCUT2D eigenvalue weighted by Crippen LogP contribution is -2.70. The molecule has 1 amide bonds. The summed E-state index contributed by atoms with van der Waals surface area (Å²) >= 11 is 0. The number of carbonyl (C=O) groups excluding carboxylic acids is 1. The van der Waals surface area contributed by atoms with Crippen molar-refractivity contribution in [1.82, 2.24) is 10.8 Å². The van der Waals surface area contributed by atoms with Crippen LogP contribution in [0.2, 0.25) is 0 Å². The van der Waals surface area contributed by atoms with E-state index in [4.69, 9.17) is 15.7 Å². The van der Waals surface area contributed by atoms with E-state index in [0.717, 1.165) is 5.56 Å². The van der Waals surface area contributed by atoms with E-state index in [1.165, 1.54) is 41.9 Å². The summed E-state index contributed by atoms with van der Waals surface area (Å²) in [7, 11) is -3.96. The van der Waals surface area contributed by atoms with Gasteiger partial charge in [-0.25, -0.2) is 18.3 Å². The SMILES string of the molecule is Cc1ccc(F)cc1COc1ccc(S(=O)(=O)C2CCNCC2(N)C(=O)NO)cc1. The minimum absolute atomic E-state index is 0.00995. The molecule has 1 heterocycles. The maximum Gasteiger partial charge on any atom is 0.266 e. The molecule has 0 aliphatic carbocycles. The van der Waals surface area contributed by atoms with Gasteiger partial charge in [0.05, 0.1) is 10.1 Å². The molecule has 162 valence electrons. The predicted octanol–water partition coefficient (Wildman–Crippen LogP) is 1.05. The average molecular weight is 437 g/mol. The van der Waals surface area contributed by atoms with Crippen LogP contribution in [0.15, 0.2) is 47.4 Å². The number of halogens is 1. The Balaban J connectivity index is 1.79. The molecule has 1 aliphatic heterocycles. The molecule has 2 aromatic carbocycles. The second kappa shape index (κ2) is 8.68. The largest absolute Gasteiger partial charge is 0.489 e. The highest BCUT2D eigenvalue weighted by molar-refractivity contribution is 7.92. The Morgan fingerprint density at radius 1 is 1.33 bits per heavy atom. The van der Waals surface area contributed by atoms with E-state index < -0.39 is 26.5 Å². The van der Waals surface area contributed by atoms with Crippen molar-refractivity contribution in [2.75, 3.05) is 13.1 Å². The first-order valence-electron chi connectivity index (χ1n) is 9.34. The quantitative estimate of drug-likeness (QED) is 0.392. The van der Waals surface area contributed by atoms with Crippen molar-refractivity contribution < 1.29 is 27.5 Å². The molecule has 2 aromatic rings. The van der Waals surface area contributed by atoms with Crippen LogP contribution in [0, 0.1) is 12.7 Å². The summed E-state index contributed by atoms with van der Waals surface area (Å²) in [6.07, 6.45) is 0.114. The van der Waals surface area contributed by atoms with Gasteiger partial charge in [0.25, 0.3) is 5.91 Å². The maximum atomic E-state index is 13.4. The number of hydrogen-bond acceptors (Lipinski definition) is 7. The zero-order valence-corrected chi connectivity index (χ0v) is 17.2. The zero-order valence-electron chi connectivity index (χ0n) is 16.4. The topological polar surface area (TPSA) is 131 Å². The fourth-order valence-electron chi connectivity index (χ4n) is 3.51. The minimum Gasteiger partial charge on any atom is -0.489 e. The Labute approximate surface area is 174 Å². The van der Waals surface area contributed by atoms with Crippen LogP contribution in [-0.2, 0) is 21.2 Å². The molecule has 8 nitrogen and oxygen atoms in total. The van der Waals surface area contributed by atoms with Crippen molar-refractivity contribution in [2.24, 2.45) is 5.73 Å². The van der Waals surface area contributed by atoms with Crippen LogP contribution in [0.1, 0.15) is 17.5 Å². The second-order valence-electron chi connectivity index (χ2n) is 7.31. The van der Waals surface area contributed by atoms with E-state index in [0.29, 0.717) is 17.9 Å². The smallest absolute Gasteiger partial charge is 0.266 e. The summed E-state index contributed by atoms with van der Waals surface area (Å²) in [6.45, 7) is 2.26. The molecule has 2 atom stereocenters. The number of piperidine rings is 1. The van der Waals surface area contributed by atoms with Gasteiger partial charge < -0.3 is 15.8 Å². The van der Waals surface area contributed by atoms with Crippen molar-refractivity contribution in [1.29, 1.82) is 0 Å². The van der Waals surface area contributed by atoms with Gasteiger partial charge in [0.2, 0.25) is 0 Å². The van der Waals surface area contributed by atoms with E-state index in [1.807, 2.05) is 6.92 Å². The molecule has 0 bridgehead atoms. The van der Waals surface area contributed by atoms with E-state index in [1.54, 1.807) is 6.07 Å². The number of rotatable bonds is 6. The highest BCUT2D eigenvalue weighted by atomic mass is 32.2. The highest BCUT2D eigenvalue weighted by Crippen LogP contribution is 2.29. The van der Waals surface area contributed by atoms with Crippen molar-refractivity contribution in [2.45, 2.75) is 35.6 Å². The van der Waals surface area contributed by atoms with Gasteiger partial charge in [0.1, 0.15) is 23.7 Å². The fourth-order valence-corrected chi connectivity index (χ4v) is 5.53. The molecule has 1 fully saturated rings. The van der Waals surface area contributed by atoms with Gasteiger partial charge in [0, 0.05) is 6.54 Å². The molecule has 1 aliphatic rings. The van der Waals surface area contributed by atoms with Gasteiger partial charge in [-0.3, -0.25) is 10.0 Å². The van der Waals surface area contributed by atoms with Crippen LogP contribution in [0.3, 0.4) is 0 Å². The fraction of sp³-hybridized carbons (Fsp3) is 0.350. The molecule has 10 heteroatoms. The van der Waals surface area contributed by atoms with Crippen LogP contribution in [0.4, 0.5) is 4.39 Å². The molecule has 0 saturated carbocycles. The summed E-state index contributed by atoms with van der Waals surface area (Å²) in [4.78, 5) is 12.1. The number of benzene rings is 2. The number of nitrogens with one attached hydrogen (secondary N) is 2. The summed E-state index contributed by atoms with van der Waals surface area (Å²) in [5.41, 5.74) is 7.30. The molecule has 0 spiro atoms. The lowest BCUT2D eigenvalue weighted by atomic mass is 9.90. The van der Waals surface area contributed by atoms with Gasteiger partial charge in [-0.2, -0.15) is 0 Å². The summed E-state index contributed by atoms with van der Waals surface area (Å²) < 4.78 is 45.3. The number of nitrogens with two attached hydrogens (primary N) is 1. The molecule has 2 unspecified atom stereocenters. The van der Waals surface area contributed by atoms with Gasteiger partial charge >= 0.3 is 0 Å². The van der Waals surface area contributed by atoms with Crippen LogP contribution in [0.25, 0.3) is 0 Å². The van der Waals surface area contributed by atoms with E-state index in [-0.39, 0.29) is 30.3 Å². The number of carbonyl (C=O) groups is 1. The molecule has 1 saturated heterocycles. The third-order valence-corrected chi connectivity index (χ3v) is 7.67. The van der Waals surface area contributed by atoms with Gasteiger partial charge in [0.15, 0.2) is 9.84 Å². The zero-order chi connectivity index (χ0) is 21.9. The standard InChI is InChI=1S/C20H24FN3O5S/c1-13-2-3-15(21)10-14(13)11-29-16-4-6-17(7-5-16)30(27,28)18-8-9-23-12-20(18,22)19(25)24-26/h2-7,10,18,23,26H,8-9,11-12,22H2,1H3,(H,24,25). The molecular weight excluding hydrogens is 413 g/mol. The van der Waals surface area contributed by atoms with Gasteiger partial charge in [-0.15, -0.1) is 0 Å². The van der Waals surface area contributed by atoms with Crippen molar-refractivity contribution in [3.63, 3.8) is 0 Å². The molecule has 30 heavy (non-hydrogen) atoms. The predicted molar refractivity (Wildman–Crippen MR) is 107 cm³/mol. The van der Waals surface area contributed by atoms with E-state index >= 15 is 0 Å². The second-order valence-corrected chi connectivity index (χ2v) is 9.44. The Morgan fingerprint density at radius 3 is 2.70 bits per heavy atom. The van der Waals surface area contributed by atoms with Crippen LogP contribution < -0.4 is 21.3 Å². The Morgan fingerprint density at radius 2 is 2.03 bits per heavy atom. The minimum atomic E-state index is -3.96. The van der Waals surface area contributed by atoms with E-state index in [9.17, 15) is 17.6 Å². The number of hydroxylamine groups is 1. The number of aryl methyl sites for hydroxylation is 1. The summed E-state index contributed by atoms with van der Waals surface area (Å²) in [5.74, 6) is -0.913. The number of amides is 1. The molecule has 5 N–H and O–H groups in total. The highest BCUT2D eigenvalue weighted by Gasteiger charge is 2.50. The molecule has 0 aromatic heterocycles. The Hall–Kier alpha value is -2.53. The van der Waals surface area contributed by atoms with Gasteiger partial charge in [-0.05, 0) is 67.4 Å². The monoisotopic (exact) mass is 437 g/mol. The third kappa shape index (κ3) is 4.31. The number of sulfone groups is 1. The van der Waals surface area contributed by atoms with Crippen LogP contribution >= 0.6 is 0 Å². The molecule has 0 radical (unpaired) electrons. The Bertz CT molecular complexity index is 1030. The first kappa shape index (κ1) is 22.2. The normalized spacial score (nSPS) is 21.8. The lowest BCUT2D eigenvalue weighted by Gasteiger charge is -2.38. The van der Waals surface area contributed by atoms with Crippen molar-refractivity contribution >= 4 is 15.7 Å². The first-order valence-corrected chi connectivity index (χ1v) is 10.9. The van der Waals surface area contributed by atoms with Crippen LogP contribution in [-0.4, -0.2) is 43.4 Å². The van der Waals surface area contributed by atoms with Crippen molar-refractivity contribution in [3.05, 3.63) is 59.4 Å². The third-order valence-electron chi connectivity index (χ3n) is 5.33. The van der Waals surface area contributed by atoms with Crippen molar-refractivity contribution in [3.8, 4) is 5.75 Å². The molecule has 3 rings (SSSR count). The molecular formula is C20H24FN3O5S. The van der Waals surface area contributed by atoms with Gasteiger partial charge in [-0.1, -0.05) is 6.07 Å². The summed E-state index contributed by atoms with van der Waals surface area (Å²) in [5, 5.41) is 10.7.